The Morgan fingerprint density at radius 2 is 1.63 bits per heavy atom. The lowest BCUT2D eigenvalue weighted by atomic mass is 9.96. The Bertz CT molecular complexity index is 1660. The molecule has 2 heterocycles. The average molecular weight is 648 g/mol. The van der Waals surface area contributed by atoms with E-state index >= 15 is 0 Å². The minimum atomic E-state index is -5.14. The molecule has 0 radical (unpaired) electrons. The van der Waals surface area contributed by atoms with Crippen LogP contribution >= 0.6 is 0 Å². The van der Waals surface area contributed by atoms with Crippen molar-refractivity contribution in [2.24, 2.45) is 0 Å². The normalized spacial score (nSPS) is 13.9. The van der Waals surface area contributed by atoms with Crippen LogP contribution in [0.3, 0.4) is 0 Å². The fraction of sp³-hybridized carbons (Fsp3) is 0.258. The molecule has 4 rings (SSSR count). The van der Waals surface area contributed by atoms with Gasteiger partial charge in [0.05, 0.1) is 17.6 Å². The summed E-state index contributed by atoms with van der Waals surface area (Å²) in [5.74, 6) is -2.89. The van der Waals surface area contributed by atoms with Crippen molar-refractivity contribution in [2.75, 3.05) is 5.32 Å². The molecule has 2 atom stereocenters. The molecule has 0 bridgehead atoms. The van der Waals surface area contributed by atoms with Gasteiger partial charge in [0, 0.05) is 6.07 Å². The van der Waals surface area contributed by atoms with Crippen LogP contribution in [0.1, 0.15) is 47.9 Å². The van der Waals surface area contributed by atoms with Crippen molar-refractivity contribution in [2.45, 2.75) is 49.9 Å². The number of pyridine rings is 1. The third kappa shape index (κ3) is 7.42. The maximum atomic E-state index is 14.8. The van der Waals surface area contributed by atoms with Gasteiger partial charge in [-0.2, -0.15) is 26.3 Å². The number of nitrogens with zero attached hydrogens (tertiary/aromatic N) is 4. The van der Waals surface area contributed by atoms with E-state index in [4.69, 9.17) is 9.15 Å². The lowest BCUT2D eigenvalue weighted by molar-refractivity contribution is -0.384. The van der Waals surface area contributed by atoms with Crippen LogP contribution in [-0.4, -0.2) is 26.3 Å². The van der Waals surface area contributed by atoms with Crippen LogP contribution in [0.25, 0.3) is 11.6 Å². The zero-order valence-electron chi connectivity index (χ0n) is 24.0. The standard InChI is InChI=1S/C31H27F6N5O4/c1-3-5-17-29(31(35,36)37,45-19-20-13-8-6-9-14-20)28-41-40-27(46-28)25-24(42(43)44)18-22(30(32,33)34)26(39-25)38-23(12-4-2)21-15-10-7-11-16-21/h3-4,6-11,13-16,18,23H,1-2,5,12,17,19H2,(H,38,39). The van der Waals surface area contributed by atoms with Gasteiger partial charge in [-0.05, 0) is 30.4 Å². The maximum absolute atomic E-state index is 14.8. The van der Waals surface area contributed by atoms with Crippen LogP contribution in [0.2, 0.25) is 0 Å². The van der Waals surface area contributed by atoms with E-state index in [-0.39, 0.29) is 18.9 Å². The molecule has 4 aromatic rings. The summed E-state index contributed by atoms with van der Waals surface area (Å²) in [7, 11) is 0. The topological polar surface area (TPSA) is 116 Å². The molecule has 9 nitrogen and oxygen atoms in total. The minimum Gasteiger partial charge on any atom is -0.415 e. The molecule has 242 valence electrons. The van der Waals surface area contributed by atoms with Crippen LogP contribution in [0, 0.1) is 10.1 Å². The summed E-state index contributed by atoms with van der Waals surface area (Å²) in [5.41, 5.74) is -5.86. The Balaban J connectivity index is 1.86. The fourth-order valence-corrected chi connectivity index (χ4v) is 4.57. The van der Waals surface area contributed by atoms with E-state index in [9.17, 15) is 36.5 Å². The van der Waals surface area contributed by atoms with E-state index in [1.165, 1.54) is 24.3 Å². The predicted molar refractivity (Wildman–Crippen MR) is 155 cm³/mol. The van der Waals surface area contributed by atoms with Crippen molar-refractivity contribution < 1.29 is 40.4 Å². The van der Waals surface area contributed by atoms with Gasteiger partial charge >= 0.3 is 18.0 Å². The SMILES string of the molecule is C=CCCC(OCc1ccccc1)(c1nnc(-c2nc(NC(CC=C)c3ccccc3)c(C(F)(F)F)cc2[N+](=O)[O-])o1)C(F)(F)F. The van der Waals surface area contributed by atoms with Gasteiger partial charge < -0.3 is 14.5 Å². The number of hydrogen-bond donors (Lipinski definition) is 1. The molecule has 46 heavy (non-hydrogen) atoms. The van der Waals surface area contributed by atoms with E-state index in [2.05, 4.69) is 33.7 Å². The van der Waals surface area contributed by atoms with Gasteiger partial charge in [0.2, 0.25) is 11.3 Å². The first-order chi connectivity index (χ1) is 21.8. The monoisotopic (exact) mass is 647 g/mol. The minimum absolute atomic E-state index is 0.121. The number of aromatic nitrogens is 3. The Labute approximate surface area is 258 Å². The molecule has 0 spiro atoms. The number of hydrogen-bond acceptors (Lipinski definition) is 8. The third-order valence-electron chi connectivity index (χ3n) is 6.88. The van der Waals surface area contributed by atoms with Gasteiger partial charge in [0.15, 0.2) is 0 Å². The molecule has 15 heteroatoms. The number of halogens is 6. The summed E-state index contributed by atoms with van der Waals surface area (Å²) >= 11 is 0. The number of ether oxygens (including phenoxy) is 1. The number of nitrogens with one attached hydrogen (secondary N) is 1. The van der Waals surface area contributed by atoms with Crippen LogP contribution < -0.4 is 5.32 Å². The average Bonchev–Trinajstić information content (AvgIpc) is 3.51. The van der Waals surface area contributed by atoms with Crippen molar-refractivity contribution in [3.05, 3.63) is 125 Å². The van der Waals surface area contributed by atoms with E-state index in [0.717, 1.165) is 0 Å². The largest absolute Gasteiger partial charge is 0.426 e. The molecule has 0 aliphatic heterocycles. The smallest absolute Gasteiger partial charge is 0.415 e. The molecule has 0 aliphatic carbocycles. The second-order valence-electron chi connectivity index (χ2n) is 9.98. The Hall–Kier alpha value is -5.05. The van der Waals surface area contributed by atoms with Gasteiger partial charge in [-0.25, -0.2) is 4.98 Å². The van der Waals surface area contributed by atoms with Crippen molar-refractivity contribution in [1.29, 1.82) is 0 Å². The van der Waals surface area contributed by atoms with Gasteiger partial charge in [-0.1, -0.05) is 72.8 Å². The van der Waals surface area contributed by atoms with Crippen LogP contribution in [0.4, 0.5) is 37.8 Å². The third-order valence-corrected chi connectivity index (χ3v) is 6.88. The molecule has 0 saturated heterocycles. The van der Waals surface area contributed by atoms with Crippen molar-refractivity contribution in [3.8, 4) is 11.6 Å². The summed E-state index contributed by atoms with van der Waals surface area (Å²) < 4.78 is 97.6. The van der Waals surface area contributed by atoms with Gasteiger partial charge in [-0.3, -0.25) is 10.1 Å². The summed E-state index contributed by atoms with van der Waals surface area (Å²) in [6.07, 6.45) is -8.45. The molecular weight excluding hydrogens is 620 g/mol. The number of benzene rings is 2. The highest BCUT2D eigenvalue weighted by atomic mass is 19.4. The first-order valence-corrected chi connectivity index (χ1v) is 13.7. The van der Waals surface area contributed by atoms with E-state index in [0.29, 0.717) is 11.1 Å². The Morgan fingerprint density at radius 1 is 0.978 bits per heavy atom. The highest BCUT2D eigenvalue weighted by molar-refractivity contribution is 5.68. The quantitative estimate of drug-likeness (QED) is 0.0625. The van der Waals surface area contributed by atoms with Gasteiger partial charge in [0.25, 0.3) is 11.8 Å². The lowest BCUT2D eigenvalue weighted by Crippen LogP contribution is -2.45. The molecule has 1 N–H and O–H groups in total. The number of nitro groups is 1. The zero-order valence-corrected chi connectivity index (χ0v) is 24.0. The van der Waals surface area contributed by atoms with E-state index in [1.54, 1.807) is 48.5 Å². The van der Waals surface area contributed by atoms with Crippen LogP contribution in [0.5, 0.6) is 0 Å². The number of allylic oxidation sites excluding steroid dienone is 1. The Morgan fingerprint density at radius 3 is 2.20 bits per heavy atom. The van der Waals surface area contributed by atoms with Crippen molar-refractivity contribution >= 4 is 11.5 Å². The Kier molecular flexibility index (Phi) is 10.2. The molecule has 0 amide bonds. The first kappa shape index (κ1) is 33.8. The molecule has 2 unspecified atom stereocenters. The second-order valence-corrected chi connectivity index (χ2v) is 9.98. The summed E-state index contributed by atoms with van der Waals surface area (Å²) in [5, 5.41) is 21.7. The molecule has 0 fully saturated rings. The zero-order chi connectivity index (χ0) is 33.5. The molecular formula is C31H27F6N5O4. The molecule has 2 aromatic heterocycles. The maximum Gasteiger partial charge on any atom is 0.426 e. The number of alkyl halides is 6. The predicted octanol–water partition coefficient (Wildman–Crippen LogP) is 8.73. The lowest BCUT2D eigenvalue weighted by Gasteiger charge is -2.32. The van der Waals surface area contributed by atoms with Crippen LogP contribution in [0.15, 0.2) is 96.5 Å². The highest BCUT2D eigenvalue weighted by Gasteiger charge is 2.61. The van der Waals surface area contributed by atoms with E-state index in [1.807, 2.05) is 0 Å². The van der Waals surface area contributed by atoms with Crippen molar-refractivity contribution in [1.82, 2.24) is 15.2 Å². The molecule has 0 aliphatic rings. The molecule has 0 saturated carbocycles. The number of rotatable bonds is 14. The van der Waals surface area contributed by atoms with Gasteiger partial charge in [0.1, 0.15) is 11.4 Å². The summed E-state index contributed by atoms with van der Waals surface area (Å²) in [4.78, 5) is 14.6. The molecule has 2 aromatic carbocycles. The van der Waals surface area contributed by atoms with E-state index < -0.39 is 76.5 Å². The van der Waals surface area contributed by atoms with Crippen LogP contribution in [-0.2, 0) is 23.1 Å². The van der Waals surface area contributed by atoms with Crippen molar-refractivity contribution in [3.63, 3.8) is 0 Å². The first-order valence-electron chi connectivity index (χ1n) is 13.7. The number of anilines is 1. The van der Waals surface area contributed by atoms with Gasteiger partial charge in [-0.15, -0.1) is 23.4 Å². The summed E-state index contributed by atoms with van der Waals surface area (Å²) in [6, 6.07) is 15.6. The highest BCUT2D eigenvalue weighted by Crippen LogP contribution is 2.47. The summed E-state index contributed by atoms with van der Waals surface area (Å²) in [6.45, 7) is 6.55. The second kappa shape index (κ2) is 13.9. The fourth-order valence-electron chi connectivity index (χ4n) is 4.57.